The van der Waals surface area contributed by atoms with E-state index in [1.807, 2.05) is 0 Å². The molecule has 0 aliphatic rings. The van der Waals surface area contributed by atoms with Crippen LogP contribution < -0.4 is 10.1 Å². The third kappa shape index (κ3) is 3.91. The first-order chi connectivity index (χ1) is 10.3. The van der Waals surface area contributed by atoms with Crippen LogP contribution in [0.5, 0.6) is 5.75 Å². The van der Waals surface area contributed by atoms with Crippen molar-refractivity contribution in [3.05, 3.63) is 40.9 Å². The molecule has 0 aliphatic carbocycles. The van der Waals surface area contributed by atoms with Crippen LogP contribution in [0.4, 0.5) is 27.1 Å². The highest BCUT2D eigenvalue weighted by atomic mass is 32.1. The first-order valence-corrected chi connectivity index (χ1v) is 6.53. The number of halogens is 5. The molecule has 0 saturated heterocycles. The topological polar surface area (TPSA) is 51.2 Å². The summed E-state index contributed by atoms with van der Waals surface area (Å²) < 4.78 is 65.8. The molecular formula is C12H7F5N2O2S. The predicted octanol–water partition coefficient (Wildman–Crippen LogP) is 4.02. The highest BCUT2D eigenvalue weighted by Crippen LogP contribution is 2.32. The van der Waals surface area contributed by atoms with E-state index in [0.29, 0.717) is 11.3 Å². The quantitative estimate of drug-likeness (QED) is 0.857. The Morgan fingerprint density at radius 2 is 1.95 bits per heavy atom. The van der Waals surface area contributed by atoms with Gasteiger partial charge in [0.15, 0.2) is 10.8 Å². The van der Waals surface area contributed by atoms with E-state index in [2.05, 4.69) is 15.0 Å². The van der Waals surface area contributed by atoms with Crippen LogP contribution in [0.3, 0.4) is 0 Å². The Morgan fingerprint density at radius 3 is 2.55 bits per heavy atom. The van der Waals surface area contributed by atoms with Crippen molar-refractivity contribution in [2.75, 3.05) is 5.32 Å². The lowest BCUT2D eigenvalue weighted by molar-refractivity contribution is -0.140. The monoisotopic (exact) mass is 338 g/mol. The van der Waals surface area contributed by atoms with E-state index < -0.39 is 24.4 Å². The van der Waals surface area contributed by atoms with E-state index >= 15 is 0 Å². The minimum absolute atomic E-state index is 0.244. The number of rotatable bonds is 4. The lowest BCUT2D eigenvalue weighted by atomic mass is 10.2. The second kappa shape index (κ2) is 6.26. The van der Waals surface area contributed by atoms with Gasteiger partial charge in [-0.15, -0.1) is 11.3 Å². The Balaban J connectivity index is 2.18. The van der Waals surface area contributed by atoms with E-state index in [4.69, 9.17) is 0 Å². The largest absolute Gasteiger partial charge is 0.434 e. The van der Waals surface area contributed by atoms with E-state index in [9.17, 15) is 26.7 Å². The molecule has 0 saturated carbocycles. The lowest BCUT2D eigenvalue weighted by Gasteiger charge is -2.09. The number of carbonyl (C=O) groups is 1. The van der Waals surface area contributed by atoms with Gasteiger partial charge in [0, 0.05) is 5.38 Å². The average molecular weight is 338 g/mol. The van der Waals surface area contributed by atoms with Crippen molar-refractivity contribution >= 4 is 22.4 Å². The van der Waals surface area contributed by atoms with Gasteiger partial charge in [-0.05, 0) is 12.1 Å². The molecule has 22 heavy (non-hydrogen) atoms. The van der Waals surface area contributed by atoms with Crippen LogP contribution in [0.25, 0.3) is 0 Å². The maximum Gasteiger partial charge on any atom is 0.434 e. The molecule has 10 heteroatoms. The molecule has 1 aromatic carbocycles. The standard InChI is InChI=1S/C12H7F5N2O2S/c13-10(14)21-7-4-2-1-3-6(7)9(20)19-11-18-8(5-22-11)12(15,16)17/h1-5,10H,(H,18,19,20). The van der Waals surface area contributed by atoms with Crippen LogP contribution in [0.15, 0.2) is 29.6 Å². The number of anilines is 1. The Bertz CT molecular complexity index is 672. The van der Waals surface area contributed by atoms with Crippen molar-refractivity contribution in [2.24, 2.45) is 0 Å². The summed E-state index contributed by atoms with van der Waals surface area (Å²) in [5, 5.41) is 2.54. The van der Waals surface area contributed by atoms with Gasteiger partial charge < -0.3 is 4.74 Å². The second-order valence-corrected chi connectivity index (χ2v) is 4.72. The van der Waals surface area contributed by atoms with E-state index in [0.717, 1.165) is 11.4 Å². The van der Waals surface area contributed by atoms with Gasteiger partial charge >= 0.3 is 12.8 Å². The molecule has 0 aliphatic heterocycles. The Morgan fingerprint density at radius 1 is 1.27 bits per heavy atom. The van der Waals surface area contributed by atoms with Crippen LogP contribution in [0.1, 0.15) is 16.1 Å². The van der Waals surface area contributed by atoms with Gasteiger partial charge in [-0.2, -0.15) is 22.0 Å². The molecule has 0 bridgehead atoms. The summed E-state index contributed by atoms with van der Waals surface area (Å²) in [5.41, 5.74) is -1.39. The molecule has 1 heterocycles. The zero-order chi connectivity index (χ0) is 16.3. The highest BCUT2D eigenvalue weighted by molar-refractivity contribution is 7.14. The number of alkyl halides is 5. The number of carbonyl (C=O) groups excluding carboxylic acids is 1. The fourth-order valence-corrected chi connectivity index (χ4v) is 2.19. The summed E-state index contributed by atoms with van der Waals surface area (Å²) in [5.74, 6) is -1.29. The third-order valence-electron chi connectivity index (χ3n) is 2.36. The van der Waals surface area contributed by atoms with Crippen molar-refractivity contribution < 1.29 is 31.5 Å². The molecule has 0 atom stereocenters. The maximum atomic E-state index is 12.4. The number of benzene rings is 1. The van der Waals surface area contributed by atoms with Gasteiger partial charge in [0.25, 0.3) is 5.91 Å². The summed E-state index contributed by atoms with van der Waals surface area (Å²) in [6.45, 7) is -3.13. The van der Waals surface area contributed by atoms with Crippen molar-refractivity contribution in [3.63, 3.8) is 0 Å². The minimum atomic E-state index is -4.63. The number of ether oxygens (including phenoxy) is 1. The van der Waals surface area contributed by atoms with Gasteiger partial charge in [-0.1, -0.05) is 12.1 Å². The summed E-state index contributed by atoms with van der Waals surface area (Å²) in [6.07, 6.45) is -4.63. The maximum absolute atomic E-state index is 12.4. The van der Waals surface area contributed by atoms with Gasteiger partial charge in [0.2, 0.25) is 0 Å². The SMILES string of the molecule is O=C(Nc1nc(C(F)(F)F)cs1)c1ccccc1OC(F)F. The van der Waals surface area contributed by atoms with Crippen LogP contribution in [-0.2, 0) is 6.18 Å². The van der Waals surface area contributed by atoms with Gasteiger partial charge in [0.1, 0.15) is 5.75 Å². The average Bonchev–Trinajstić information content (AvgIpc) is 2.87. The van der Waals surface area contributed by atoms with E-state index in [1.54, 1.807) is 0 Å². The summed E-state index contributed by atoms with van der Waals surface area (Å²) >= 11 is 0.567. The van der Waals surface area contributed by atoms with E-state index in [-0.39, 0.29) is 16.4 Å². The molecule has 0 radical (unpaired) electrons. The Hall–Kier alpha value is -2.23. The summed E-state index contributed by atoms with van der Waals surface area (Å²) in [6, 6.07) is 5.12. The number of thiazole rings is 1. The Labute approximate surface area is 124 Å². The fourth-order valence-electron chi connectivity index (χ4n) is 1.48. The van der Waals surface area contributed by atoms with Crippen molar-refractivity contribution in [3.8, 4) is 5.75 Å². The summed E-state index contributed by atoms with van der Waals surface area (Å²) in [4.78, 5) is 15.1. The summed E-state index contributed by atoms with van der Waals surface area (Å²) in [7, 11) is 0. The molecule has 0 spiro atoms. The molecule has 1 amide bonds. The lowest BCUT2D eigenvalue weighted by Crippen LogP contribution is -2.15. The minimum Gasteiger partial charge on any atom is -0.434 e. The van der Waals surface area contributed by atoms with Crippen molar-refractivity contribution in [1.29, 1.82) is 0 Å². The van der Waals surface area contributed by atoms with Gasteiger partial charge in [-0.25, -0.2) is 4.98 Å². The molecule has 1 aromatic heterocycles. The molecule has 0 unspecified atom stereocenters. The molecule has 1 N–H and O–H groups in total. The number of amides is 1. The number of hydrogen-bond donors (Lipinski definition) is 1. The highest BCUT2D eigenvalue weighted by Gasteiger charge is 2.34. The molecule has 2 aromatic rings. The smallest absolute Gasteiger partial charge is 0.434 e. The predicted molar refractivity (Wildman–Crippen MR) is 68.1 cm³/mol. The third-order valence-corrected chi connectivity index (χ3v) is 3.12. The number of nitrogens with one attached hydrogen (secondary N) is 1. The van der Waals surface area contributed by atoms with Crippen molar-refractivity contribution in [1.82, 2.24) is 4.98 Å². The van der Waals surface area contributed by atoms with Gasteiger partial charge in [0.05, 0.1) is 5.56 Å². The van der Waals surface area contributed by atoms with Gasteiger partial charge in [-0.3, -0.25) is 10.1 Å². The molecule has 2 rings (SSSR count). The van der Waals surface area contributed by atoms with Crippen LogP contribution in [0.2, 0.25) is 0 Å². The second-order valence-electron chi connectivity index (χ2n) is 3.86. The normalized spacial score (nSPS) is 11.5. The van der Waals surface area contributed by atoms with Crippen LogP contribution >= 0.6 is 11.3 Å². The zero-order valence-electron chi connectivity index (χ0n) is 10.5. The first kappa shape index (κ1) is 16.1. The van der Waals surface area contributed by atoms with E-state index in [1.165, 1.54) is 18.2 Å². The zero-order valence-corrected chi connectivity index (χ0v) is 11.3. The van der Waals surface area contributed by atoms with Crippen LogP contribution in [0, 0.1) is 0 Å². The molecule has 4 nitrogen and oxygen atoms in total. The van der Waals surface area contributed by atoms with Crippen LogP contribution in [-0.4, -0.2) is 17.5 Å². The number of hydrogen-bond acceptors (Lipinski definition) is 4. The first-order valence-electron chi connectivity index (χ1n) is 5.65. The molecule has 0 fully saturated rings. The fraction of sp³-hybridized carbons (Fsp3) is 0.167. The number of aromatic nitrogens is 1. The number of para-hydroxylation sites is 1. The van der Waals surface area contributed by atoms with Crippen molar-refractivity contribution in [2.45, 2.75) is 12.8 Å². The molecule has 118 valence electrons. The Kier molecular flexibility index (Phi) is 4.59. The number of nitrogens with zero attached hydrogens (tertiary/aromatic N) is 1. The molecular weight excluding hydrogens is 331 g/mol.